The van der Waals surface area contributed by atoms with Crippen LogP contribution in [0.15, 0.2) is 24.3 Å². The molecule has 2 atom stereocenters. The predicted molar refractivity (Wildman–Crippen MR) is 73.7 cm³/mol. The molecular weight excluding hydrogens is 234 g/mol. The van der Waals surface area contributed by atoms with E-state index in [4.69, 9.17) is 11.6 Å². The van der Waals surface area contributed by atoms with Crippen molar-refractivity contribution in [3.8, 4) is 0 Å². The van der Waals surface area contributed by atoms with Crippen LogP contribution in [0.2, 0.25) is 0 Å². The number of para-hydroxylation sites is 1. The Hall–Kier alpha value is -1.02. The number of halogens is 1. The molecule has 0 saturated carbocycles. The van der Waals surface area contributed by atoms with Gasteiger partial charge in [-0.15, -0.1) is 11.6 Å². The Morgan fingerprint density at radius 1 is 1.35 bits per heavy atom. The van der Waals surface area contributed by atoms with Crippen molar-refractivity contribution in [2.24, 2.45) is 5.92 Å². The molecule has 2 nitrogen and oxygen atoms in total. The molecule has 17 heavy (non-hydrogen) atoms. The number of nitrogens with one attached hydrogen (secondary N) is 1. The van der Waals surface area contributed by atoms with Crippen molar-refractivity contribution in [1.29, 1.82) is 0 Å². The Morgan fingerprint density at radius 3 is 2.59 bits per heavy atom. The van der Waals surface area contributed by atoms with Gasteiger partial charge in [0.15, 0.2) is 0 Å². The summed E-state index contributed by atoms with van der Waals surface area (Å²) in [4.78, 5) is 11.8. The molecule has 94 valence electrons. The van der Waals surface area contributed by atoms with Crippen molar-refractivity contribution in [3.05, 3.63) is 29.8 Å². The number of anilines is 1. The Kier molecular flexibility index (Phi) is 5.49. The largest absolute Gasteiger partial charge is 0.326 e. The topological polar surface area (TPSA) is 29.1 Å². The Morgan fingerprint density at radius 2 is 2.00 bits per heavy atom. The first kappa shape index (κ1) is 14.0. The lowest BCUT2D eigenvalue weighted by atomic mass is 9.96. The fourth-order valence-corrected chi connectivity index (χ4v) is 1.73. The molecule has 1 aromatic rings. The molecule has 0 aromatic heterocycles. The van der Waals surface area contributed by atoms with E-state index in [1.807, 2.05) is 25.1 Å². The van der Waals surface area contributed by atoms with Crippen molar-refractivity contribution < 1.29 is 4.79 Å². The molecule has 3 heteroatoms. The van der Waals surface area contributed by atoms with E-state index in [1.54, 1.807) is 0 Å². The standard InChI is InChI=1S/C14H20ClNO/c1-4-10(2)12-7-5-6-8-13(12)16-14(17)11(3)9-15/h5-8,10-11H,4,9H2,1-3H3,(H,16,17). The molecule has 1 rings (SSSR count). The van der Waals surface area contributed by atoms with Crippen LogP contribution in [-0.2, 0) is 4.79 Å². The maximum atomic E-state index is 11.8. The van der Waals surface area contributed by atoms with Crippen molar-refractivity contribution in [2.45, 2.75) is 33.1 Å². The highest BCUT2D eigenvalue weighted by molar-refractivity contribution is 6.19. The monoisotopic (exact) mass is 253 g/mol. The summed E-state index contributed by atoms with van der Waals surface area (Å²) in [5.41, 5.74) is 2.09. The summed E-state index contributed by atoms with van der Waals surface area (Å²) in [6.07, 6.45) is 1.05. The average Bonchev–Trinajstić information content (AvgIpc) is 2.37. The fraction of sp³-hybridized carbons (Fsp3) is 0.500. The van der Waals surface area contributed by atoms with Gasteiger partial charge in [0.25, 0.3) is 0 Å². The maximum Gasteiger partial charge on any atom is 0.228 e. The third-order valence-corrected chi connectivity index (χ3v) is 3.50. The first-order valence-electron chi connectivity index (χ1n) is 6.05. The number of hydrogen-bond acceptors (Lipinski definition) is 1. The predicted octanol–water partition coefficient (Wildman–Crippen LogP) is 4.01. The van der Waals surface area contributed by atoms with Gasteiger partial charge >= 0.3 is 0 Å². The molecule has 0 aliphatic rings. The van der Waals surface area contributed by atoms with E-state index in [9.17, 15) is 4.79 Å². The first-order chi connectivity index (χ1) is 8.10. The van der Waals surface area contributed by atoms with Crippen molar-refractivity contribution >= 4 is 23.2 Å². The van der Waals surface area contributed by atoms with Gasteiger partial charge in [-0.2, -0.15) is 0 Å². The van der Waals surface area contributed by atoms with Crippen molar-refractivity contribution in [1.82, 2.24) is 0 Å². The highest BCUT2D eigenvalue weighted by atomic mass is 35.5. The van der Waals surface area contributed by atoms with Crippen LogP contribution in [0, 0.1) is 5.92 Å². The molecule has 1 amide bonds. The minimum absolute atomic E-state index is 0.0178. The third-order valence-electron chi connectivity index (χ3n) is 3.04. The first-order valence-corrected chi connectivity index (χ1v) is 6.59. The van der Waals surface area contributed by atoms with Gasteiger partial charge in [-0.1, -0.05) is 39.0 Å². The number of carbonyl (C=O) groups excluding carboxylic acids is 1. The minimum Gasteiger partial charge on any atom is -0.326 e. The zero-order valence-corrected chi connectivity index (χ0v) is 11.4. The SMILES string of the molecule is CCC(C)c1ccccc1NC(=O)C(C)CCl. The molecule has 0 heterocycles. The van der Waals surface area contributed by atoms with E-state index in [1.165, 1.54) is 5.56 Å². The van der Waals surface area contributed by atoms with E-state index in [2.05, 4.69) is 25.2 Å². The van der Waals surface area contributed by atoms with E-state index in [0.29, 0.717) is 11.8 Å². The van der Waals surface area contributed by atoms with E-state index in [0.717, 1.165) is 12.1 Å². The number of rotatable bonds is 5. The lowest BCUT2D eigenvalue weighted by Crippen LogP contribution is -2.22. The van der Waals surface area contributed by atoms with Crippen LogP contribution in [0.1, 0.15) is 38.7 Å². The highest BCUT2D eigenvalue weighted by Crippen LogP contribution is 2.26. The fourth-order valence-electron chi connectivity index (χ4n) is 1.59. The number of alkyl halides is 1. The van der Waals surface area contributed by atoms with Gasteiger partial charge in [0.1, 0.15) is 0 Å². The van der Waals surface area contributed by atoms with Gasteiger partial charge in [0, 0.05) is 17.5 Å². The number of hydrogen-bond donors (Lipinski definition) is 1. The van der Waals surface area contributed by atoms with Gasteiger partial charge in [0.2, 0.25) is 5.91 Å². The van der Waals surface area contributed by atoms with Crippen molar-refractivity contribution in [3.63, 3.8) is 0 Å². The van der Waals surface area contributed by atoms with E-state index >= 15 is 0 Å². The zero-order chi connectivity index (χ0) is 12.8. The number of amides is 1. The molecule has 1 aromatic carbocycles. The molecule has 0 saturated heterocycles. The number of carbonyl (C=O) groups is 1. The quantitative estimate of drug-likeness (QED) is 0.790. The smallest absolute Gasteiger partial charge is 0.228 e. The highest BCUT2D eigenvalue weighted by Gasteiger charge is 2.14. The van der Waals surface area contributed by atoms with E-state index in [-0.39, 0.29) is 11.8 Å². The van der Waals surface area contributed by atoms with Crippen LogP contribution in [0.5, 0.6) is 0 Å². The maximum absolute atomic E-state index is 11.8. The van der Waals surface area contributed by atoms with Crippen LogP contribution in [0.4, 0.5) is 5.69 Å². The summed E-state index contributed by atoms with van der Waals surface area (Å²) in [5, 5.41) is 2.95. The molecule has 2 unspecified atom stereocenters. The van der Waals surface area contributed by atoms with Crippen LogP contribution in [0.3, 0.4) is 0 Å². The Balaban J connectivity index is 2.87. The Bertz CT molecular complexity index is 378. The summed E-state index contributed by atoms with van der Waals surface area (Å²) in [6, 6.07) is 7.95. The summed E-state index contributed by atoms with van der Waals surface area (Å²) in [5.74, 6) is 0.604. The average molecular weight is 254 g/mol. The second-order valence-corrected chi connectivity index (χ2v) is 4.75. The van der Waals surface area contributed by atoms with Crippen LogP contribution < -0.4 is 5.32 Å². The van der Waals surface area contributed by atoms with Gasteiger partial charge in [0.05, 0.1) is 0 Å². The lowest BCUT2D eigenvalue weighted by molar-refractivity contribution is -0.118. The third kappa shape index (κ3) is 3.74. The molecule has 1 N–H and O–H groups in total. The van der Waals surface area contributed by atoms with Gasteiger partial charge in [-0.05, 0) is 24.0 Å². The molecule has 0 fully saturated rings. The Labute approximate surface area is 108 Å². The van der Waals surface area contributed by atoms with Crippen LogP contribution in [-0.4, -0.2) is 11.8 Å². The molecule has 0 bridgehead atoms. The van der Waals surface area contributed by atoms with E-state index < -0.39 is 0 Å². The van der Waals surface area contributed by atoms with Gasteiger partial charge in [-0.3, -0.25) is 4.79 Å². The molecule has 0 radical (unpaired) electrons. The van der Waals surface area contributed by atoms with Gasteiger partial charge in [-0.25, -0.2) is 0 Å². The summed E-state index contributed by atoms with van der Waals surface area (Å²) >= 11 is 5.68. The zero-order valence-electron chi connectivity index (χ0n) is 10.7. The molecule has 0 aliphatic heterocycles. The second kappa shape index (κ2) is 6.65. The second-order valence-electron chi connectivity index (χ2n) is 4.44. The van der Waals surface area contributed by atoms with Gasteiger partial charge < -0.3 is 5.32 Å². The number of benzene rings is 1. The summed E-state index contributed by atoms with van der Waals surface area (Å²) in [6.45, 7) is 6.13. The summed E-state index contributed by atoms with van der Waals surface area (Å²) in [7, 11) is 0. The van der Waals surface area contributed by atoms with Crippen LogP contribution in [0.25, 0.3) is 0 Å². The molecule has 0 aliphatic carbocycles. The molecule has 0 spiro atoms. The summed E-state index contributed by atoms with van der Waals surface area (Å²) < 4.78 is 0. The molecular formula is C14H20ClNO. The van der Waals surface area contributed by atoms with Crippen LogP contribution >= 0.6 is 11.6 Å². The minimum atomic E-state index is -0.165. The lowest BCUT2D eigenvalue weighted by Gasteiger charge is -2.17. The normalized spacial score (nSPS) is 14.1. The van der Waals surface area contributed by atoms with Crippen molar-refractivity contribution in [2.75, 3.05) is 11.2 Å².